The van der Waals surface area contributed by atoms with Gasteiger partial charge >= 0.3 is 0 Å². The van der Waals surface area contributed by atoms with Gasteiger partial charge in [-0.15, -0.1) is 0 Å². The zero-order valence-corrected chi connectivity index (χ0v) is 12.0. The number of hydrogen-bond acceptors (Lipinski definition) is 3. The topological polar surface area (TPSA) is 38.7 Å². The van der Waals surface area contributed by atoms with E-state index < -0.39 is 5.60 Å². The van der Waals surface area contributed by atoms with Crippen LogP contribution in [0, 0.1) is 0 Å². The Kier molecular flexibility index (Phi) is 2.99. The minimum Gasteiger partial charge on any atom is -0.454 e. The lowest BCUT2D eigenvalue weighted by atomic mass is 9.88. The normalized spacial score (nSPS) is 16.2. The summed E-state index contributed by atoms with van der Waals surface area (Å²) in [5.74, 6) is 1.36. The van der Waals surface area contributed by atoms with Crippen molar-refractivity contribution in [2.45, 2.75) is 12.5 Å². The van der Waals surface area contributed by atoms with Gasteiger partial charge in [-0.1, -0.05) is 46.3 Å². The van der Waals surface area contributed by atoms with Gasteiger partial charge in [0, 0.05) is 10.0 Å². The molecule has 1 atom stereocenters. The Balaban J connectivity index is 2.11. The average Bonchev–Trinajstić information content (AvgIpc) is 2.85. The van der Waals surface area contributed by atoms with Crippen LogP contribution in [-0.4, -0.2) is 11.9 Å². The van der Waals surface area contributed by atoms with Crippen molar-refractivity contribution in [3.63, 3.8) is 0 Å². The molecule has 2 aromatic carbocycles. The molecule has 0 amide bonds. The zero-order chi connectivity index (χ0) is 13.5. The molecule has 98 valence electrons. The number of ether oxygens (including phenoxy) is 2. The van der Waals surface area contributed by atoms with Crippen molar-refractivity contribution in [1.29, 1.82) is 0 Å². The molecular weight excluding hydrogens is 308 g/mol. The van der Waals surface area contributed by atoms with Crippen molar-refractivity contribution in [2.75, 3.05) is 6.79 Å². The SMILES string of the molecule is CC(O)(c1ccccc1)c1cc2c(cc1Br)OCO2. The van der Waals surface area contributed by atoms with Crippen LogP contribution in [0.2, 0.25) is 0 Å². The molecule has 1 unspecified atom stereocenters. The Labute approximate surface area is 119 Å². The van der Waals surface area contributed by atoms with Crippen LogP contribution in [0.4, 0.5) is 0 Å². The number of benzene rings is 2. The third-order valence-corrected chi connectivity index (χ3v) is 3.98. The van der Waals surface area contributed by atoms with Gasteiger partial charge in [-0.05, 0) is 24.6 Å². The summed E-state index contributed by atoms with van der Waals surface area (Å²) >= 11 is 3.49. The first-order chi connectivity index (χ1) is 9.09. The standard InChI is InChI=1S/C15H13BrO3/c1-15(17,10-5-3-2-4-6-10)11-7-13-14(8-12(11)16)19-9-18-13/h2-8,17H,9H2,1H3. The van der Waals surface area contributed by atoms with Crippen LogP contribution in [0.25, 0.3) is 0 Å². The quantitative estimate of drug-likeness (QED) is 0.921. The van der Waals surface area contributed by atoms with E-state index >= 15 is 0 Å². The third-order valence-electron chi connectivity index (χ3n) is 3.32. The highest BCUT2D eigenvalue weighted by molar-refractivity contribution is 9.10. The largest absolute Gasteiger partial charge is 0.454 e. The van der Waals surface area contributed by atoms with Crippen molar-refractivity contribution < 1.29 is 14.6 Å². The van der Waals surface area contributed by atoms with E-state index in [-0.39, 0.29) is 6.79 Å². The molecule has 0 radical (unpaired) electrons. The first kappa shape index (κ1) is 12.5. The Bertz CT molecular complexity index is 608. The van der Waals surface area contributed by atoms with Crippen LogP contribution in [0.3, 0.4) is 0 Å². The third kappa shape index (κ3) is 2.11. The van der Waals surface area contributed by atoms with Gasteiger partial charge in [0.1, 0.15) is 5.60 Å². The summed E-state index contributed by atoms with van der Waals surface area (Å²) in [6, 6.07) is 13.2. The maximum absolute atomic E-state index is 10.8. The molecule has 0 aromatic heterocycles. The molecule has 0 spiro atoms. The summed E-state index contributed by atoms with van der Waals surface area (Å²) in [4.78, 5) is 0. The molecule has 0 saturated carbocycles. The van der Waals surface area contributed by atoms with E-state index in [0.29, 0.717) is 11.5 Å². The molecule has 0 bridgehead atoms. The van der Waals surface area contributed by atoms with E-state index in [1.54, 1.807) is 6.92 Å². The predicted octanol–water partition coefficient (Wildman–Crippen LogP) is 3.43. The molecule has 1 aliphatic heterocycles. The first-order valence-electron chi connectivity index (χ1n) is 5.96. The fraction of sp³-hybridized carbons (Fsp3) is 0.200. The smallest absolute Gasteiger partial charge is 0.231 e. The zero-order valence-electron chi connectivity index (χ0n) is 10.4. The molecule has 1 aliphatic rings. The number of aliphatic hydroxyl groups is 1. The summed E-state index contributed by atoms with van der Waals surface area (Å²) < 4.78 is 11.5. The Morgan fingerprint density at radius 1 is 1.11 bits per heavy atom. The summed E-state index contributed by atoms with van der Waals surface area (Å²) in [5, 5.41) is 10.8. The number of rotatable bonds is 2. The van der Waals surface area contributed by atoms with Crippen LogP contribution in [0.5, 0.6) is 11.5 Å². The molecule has 0 fully saturated rings. The van der Waals surface area contributed by atoms with E-state index in [0.717, 1.165) is 15.6 Å². The fourth-order valence-corrected chi connectivity index (χ4v) is 2.92. The van der Waals surface area contributed by atoms with Crippen LogP contribution in [-0.2, 0) is 5.60 Å². The molecule has 1 heterocycles. The lowest BCUT2D eigenvalue weighted by molar-refractivity contribution is 0.101. The summed E-state index contributed by atoms with van der Waals surface area (Å²) in [6.45, 7) is 1.99. The van der Waals surface area contributed by atoms with Crippen molar-refractivity contribution >= 4 is 15.9 Å². The van der Waals surface area contributed by atoms with Gasteiger partial charge in [0.25, 0.3) is 0 Å². The van der Waals surface area contributed by atoms with E-state index in [2.05, 4.69) is 15.9 Å². The van der Waals surface area contributed by atoms with E-state index in [9.17, 15) is 5.11 Å². The predicted molar refractivity (Wildman–Crippen MR) is 75.4 cm³/mol. The molecule has 3 rings (SSSR count). The van der Waals surface area contributed by atoms with Crippen molar-refractivity contribution in [1.82, 2.24) is 0 Å². The van der Waals surface area contributed by atoms with Gasteiger partial charge in [0.05, 0.1) is 0 Å². The van der Waals surface area contributed by atoms with Crippen molar-refractivity contribution in [2.24, 2.45) is 0 Å². The highest BCUT2D eigenvalue weighted by atomic mass is 79.9. The average molecular weight is 321 g/mol. The van der Waals surface area contributed by atoms with Crippen LogP contribution in [0.1, 0.15) is 18.1 Å². The summed E-state index contributed by atoms with van der Waals surface area (Å²) in [5.41, 5.74) is 0.485. The Hall–Kier alpha value is -1.52. The lowest BCUT2D eigenvalue weighted by Crippen LogP contribution is -2.23. The minimum atomic E-state index is -1.10. The second kappa shape index (κ2) is 4.54. The summed E-state index contributed by atoms with van der Waals surface area (Å²) in [6.07, 6.45) is 0. The fourth-order valence-electron chi connectivity index (χ4n) is 2.21. The molecule has 19 heavy (non-hydrogen) atoms. The maximum Gasteiger partial charge on any atom is 0.231 e. The highest BCUT2D eigenvalue weighted by Crippen LogP contribution is 2.42. The van der Waals surface area contributed by atoms with Gasteiger partial charge in [-0.3, -0.25) is 0 Å². The van der Waals surface area contributed by atoms with Gasteiger partial charge in [-0.2, -0.15) is 0 Å². The van der Waals surface area contributed by atoms with Crippen LogP contribution < -0.4 is 9.47 Å². The Morgan fingerprint density at radius 2 is 1.74 bits per heavy atom. The van der Waals surface area contributed by atoms with E-state index in [1.165, 1.54) is 0 Å². The molecule has 0 saturated heterocycles. The van der Waals surface area contributed by atoms with Crippen molar-refractivity contribution in [3.8, 4) is 11.5 Å². The molecule has 0 aliphatic carbocycles. The highest BCUT2D eigenvalue weighted by Gasteiger charge is 2.30. The van der Waals surface area contributed by atoms with Crippen molar-refractivity contribution in [3.05, 3.63) is 58.1 Å². The monoisotopic (exact) mass is 320 g/mol. The number of halogens is 1. The molecular formula is C15H13BrO3. The first-order valence-corrected chi connectivity index (χ1v) is 6.76. The molecule has 1 N–H and O–H groups in total. The van der Waals surface area contributed by atoms with Gasteiger partial charge < -0.3 is 14.6 Å². The van der Waals surface area contributed by atoms with Gasteiger partial charge in [-0.25, -0.2) is 0 Å². The lowest BCUT2D eigenvalue weighted by Gasteiger charge is -2.26. The van der Waals surface area contributed by atoms with E-state index in [4.69, 9.17) is 9.47 Å². The maximum atomic E-state index is 10.8. The molecule has 3 nitrogen and oxygen atoms in total. The van der Waals surface area contributed by atoms with Gasteiger partial charge in [0.2, 0.25) is 6.79 Å². The molecule has 4 heteroatoms. The number of fused-ring (bicyclic) bond motifs is 1. The van der Waals surface area contributed by atoms with Crippen LogP contribution in [0.15, 0.2) is 46.9 Å². The molecule has 2 aromatic rings. The summed E-state index contributed by atoms with van der Waals surface area (Å²) in [7, 11) is 0. The second-order valence-corrected chi connectivity index (χ2v) is 5.48. The van der Waals surface area contributed by atoms with Crippen LogP contribution >= 0.6 is 15.9 Å². The minimum absolute atomic E-state index is 0.221. The van der Waals surface area contributed by atoms with Gasteiger partial charge in [0.15, 0.2) is 11.5 Å². The van der Waals surface area contributed by atoms with E-state index in [1.807, 2.05) is 42.5 Å². The number of hydrogen-bond donors (Lipinski definition) is 1. The second-order valence-electron chi connectivity index (χ2n) is 4.62. The Morgan fingerprint density at radius 3 is 2.42 bits per heavy atom.